The Morgan fingerprint density at radius 2 is 1.76 bits per heavy atom. The number of carbonyl (C=O) groups is 1. The van der Waals surface area contributed by atoms with Gasteiger partial charge >= 0.3 is 0 Å². The number of hydrogen-bond donors (Lipinski definition) is 0. The lowest BCUT2D eigenvalue weighted by Crippen LogP contribution is -2.16. The number of nitrogens with zero attached hydrogens (tertiary/aromatic N) is 4. The average Bonchev–Trinajstić information content (AvgIpc) is 2.51. The number of carbonyl (C=O) groups excluding carboxylic acids is 1. The SMILES string of the molecule is CN(C)c1cnc2c3c(nccc13)-c1ncccc1C2=O. The molecule has 0 spiro atoms. The van der Waals surface area contributed by atoms with Gasteiger partial charge in [-0.2, -0.15) is 0 Å². The first kappa shape index (κ1) is 12.0. The van der Waals surface area contributed by atoms with E-state index in [0.717, 1.165) is 22.2 Å². The van der Waals surface area contributed by atoms with E-state index in [1.807, 2.05) is 25.1 Å². The smallest absolute Gasteiger partial charge is 0.214 e. The molecule has 0 amide bonds. The van der Waals surface area contributed by atoms with Gasteiger partial charge in [0.2, 0.25) is 5.78 Å². The Morgan fingerprint density at radius 1 is 0.952 bits per heavy atom. The van der Waals surface area contributed by atoms with Gasteiger partial charge in [-0.3, -0.25) is 14.8 Å². The van der Waals surface area contributed by atoms with E-state index in [2.05, 4.69) is 15.0 Å². The van der Waals surface area contributed by atoms with E-state index < -0.39 is 0 Å². The quantitative estimate of drug-likeness (QED) is 0.534. The van der Waals surface area contributed by atoms with E-state index in [9.17, 15) is 4.79 Å². The van der Waals surface area contributed by atoms with Crippen LogP contribution in [-0.4, -0.2) is 34.8 Å². The second-order valence-corrected chi connectivity index (χ2v) is 5.20. The number of aromatic nitrogens is 3. The van der Waals surface area contributed by atoms with Crippen LogP contribution in [0.15, 0.2) is 36.8 Å². The van der Waals surface area contributed by atoms with Gasteiger partial charge in [-0.25, -0.2) is 4.98 Å². The molecule has 3 aromatic heterocycles. The number of hydrogen-bond acceptors (Lipinski definition) is 5. The average molecular weight is 276 g/mol. The molecule has 0 saturated heterocycles. The molecule has 5 heteroatoms. The Labute approximate surface area is 121 Å². The molecule has 0 aromatic carbocycles. The van der Waals surface area contributed by atoms with Crippen molar-refractivity contribution in [3.8, 4) is 11.4 Å². The van der Waals surface area contributed by atoms with Gasteiger partial charge in [0.15, 0.2) is 0 Å². The molecule has 0 N–H and O–H groups in total. The minimum absolute atomic E-state index is 0.0890. The second kappa shape index (κ2) is 4.09. The van der Waals surface area contributed by atoms with Gasteiger partial charge in [0.05, 0.1) is 23.1 Å². The minimum atomic E-state index is -0.0890. The van der Waals surface area contributed by atoms with Crippen molar-refractivity contribution in [1.82, 2.24) is 15.0 Å². The fourth-order valence-electron chi connectivity index (χ4n) is 2.79. The second-order valence-electron chi connectivity index (χ2n) is 5.20. The zero-order valence-electron chi connectivity index (χ0n) is 11.7. The molecule has 5 nitrogen and oxygen atoms in total. The summed E-state index contributed by atoms with van der Waals surface area (Å²) in [4.78, 5) is 27.8. The van der Waals surface area contributed by atoms with Crippen molar-refractivity contribution >= 4 is 22.2 Å². The van der Waals surface area contributed by atoms with Crippen LogP contribution >= 0.6 is 0 Å². The van der Waals surface area contributed by atoms with Crippen LogP contribution in [0.3, 0.4) is 0 Å². The number of anilines is 1. The third-order valence-corrected chi connectivity index (χ3v) is 3.75. The Morgan fingerprint density at radius 3 is 2.57 bits per heavy atom. The van der Waals surface area contributed by atoms with Crippen molar-refractivity contribution in [3.63, 3.8) is 0 Å². The van der Waals surface area contributed by atoms with E-state index in [1.165, 1.54) is 0 Å². The van der Waals surface area contributed by atoms with Crippen molar-refractivity contribution in [1.29, 1.82) is 0 Å². The van der Waals surface area contributed by atoms with Crippen LogP contribution < -0.4 is 4.90 Å². The van der Waals surface area contributed by atoms with Gasteiger partial charge in [-0.1, -0.05) is 0 Å². The highest BCUT2D eigenvalue weighted by Gasteiger charge is 2.29. The topological polar surface area (TPSA) is 59.0 Å². The summed E-state index contributed by atoms with van der Waals surface area (Å²) in [5.41, 5.74) is 3.35. The number of rotatable bonds is 1. The maximum atomic E-state index is 12.6. The van der Waals surface area contributed by atoms with E-state index in [-0.39, 0.29) is 5.78 Å². The number of fused-ring (bicyclic) bond motifs is 2. The van der Waals surface area contributed by atoms with Crippen molar-refractivity contribution in [3.05, 3.63) is 48.0 Å². The molecule has 1 aliphatic carbocycles. The molecule has 21 heavy (non-hydrogen) atoms. The molecule has 0 unspecified atom stereocenters. The monoisotopic (exact) mass is 276 g/mol. The standard InChI is InChI=1S/C16H12N4O/c1-20(2)11-8-19-15-12-9(11)5-7-18-14(12)13-10(16(15)21)4-3-6-17-13/h3-8H,1-2H3. The summed E-state index contributed by atoms with van der Waals surface area (Å²) in [5, 5.41) is 1.76. The predicted octanol–water partition coefficient (Wildman–Crippen LogP) is 2.30. The summed E-state index contributed by atoms with van der Waals surface area (Å²) in [5.74, 6) is -0.0890. The summed E-state index contributed by atoms with van der Waals surface area (Å²) in [7, 11) is 3.91. The van der Waals surface area contributed by atoms with Crippen LogP contribution in [-0.2, 0) is 0 Å². The predicted molar refractivity (Wildman–Crippen MR) is 80.5 cm³/mol. The Balaban J connectivity index is 2.21. The summed E-state index contributed by atoms with van der Waals surface area (Å²) in [6.07, 6.45) is 5.17. The maximum absolute atomic E-state index is 12.6. The highest BCUT2D eigenvalue weighted by Crippen LogP contribution is 2.38. The first-order valence-electron chi connectivity index (χ1n) is 6.63. The summed E-state index contributed by atoms with van der Waals surface area (Å²) < 4.78 is 0. The van der Waals surface area contributed by atoms with Gasteiger partial charge < -0.3 is 4.90 Å². The van der Waals surface area contributed by atoms with Crippen LogP contribution in [0.4, 0.5) is 5.69 Å². The number of pyridine rings is 3. The third-order valence-electron chi connectivity index (χ3n) is 3.75. The molecular formula is C16H12N4O. The van der Waals surface area contributed by atoms with E-state index in [4.69, 9.17) is 0 Å². The van der Waals surface area contributed by atoms with Gasteiger partial charge in [-0.15, -0.1) is 0 Å². The lowest BCUT2D eigenvalue weighted by Gasteiger charge is -2.21. The largest absolute Gasteiger partial charge is 0.376 e. The van der Waals surface area contributed by atoms with Crippen LogP contribution in [0.2, 0.25) is 0 Å². The highest BCUT2D eigenvalue weighted by atomic mass is 16.1. The van der Waals surface area contributed by atoms with E-state index in [0.29, 0.717) is 17.0 Å². The molecule has 4 rings (SSSR count). The van der Waals surface area contributed by atoms with Crippen molar-refractivity contribution in [2.75, 3.05) is 19.0 Å². The molecule has 0 aliphatic heterocycles. The first-order chi connectivity index (χ1) is 10.2. The fraction of sp³-hybridized carbons (Fsp3) is 0.125. The molecule has 3 aromatic rings. The molecule has 0 fully saturated rings. The zero-order chi connectivity index (χ0) is 14.6. The molecular weight excluding hydrogens is 264 g/mol. The number of ketones is 1. The van der Waals surface area contributed by atoms with E-state index in [1.54, 1.807) is 30.7 Å². The van der Waals surface area contributed by atoms with Gasteiger partial charge in [-0.05, 0) is 18.2 Å². The first-order valence-corrected chi connectivity index (χ1v) is 6.63. The van der Waals surface area contributed by atoms with Crippen LogP contribution in [0.5, 0.6) is 0 Å². The van der Waals surface area contributed by atoms with Crippen LogP contribution in [0.1, 0.15) is 16.1 Å². The molecule has 3 heterocycles. The van der Waals surface area contributed by atoms with Gasteiger partial charge in [0.25, 0.3) is 0 Å². The molecule has 1 aliphatic rings. The summed E-state index contributed by atoms with van der Waals surface area (Å²) >= 11 is 0. The lowest BCUT2D eigenvalue weighted by molar-refractivity contribution is 0.103. The van der Waals surface area contributed by atoms with Gasteiger partial charge in [0.1, 0.15) is 11.4 Å². The molecule has 102 valence electrons. The molecule has 0 atom stereocenters. The maximum Gasteiger partial charge on any atom is 0.214 e. The Bertz CT molecular complexity index is 902. The van der Waals surface area contributed by atoms with Crippen molar-refractivity contribution in [2.45, 2.75) is 0 Å². The summed E-state index contributed by atoms with van der Waals surface area (Å²) in [6, 6.07) is 5.45. The van der Waals surface area contributed by atoms with Gasteiger partial charge in [0, 0.05) is 37.3 Å². The Kier molecular flexibility index (Phi) is 2.33. The van der Waals surface area contributed by atoms with E-state index >= 15 is 0 Å². The van der Waals surface area contributed by atoms with Crippen molar-refractivity contribution in [2.24, 2.45) is 0 Å². The normalized spacial score (nSPS) is 12.4. The van der Waals surface area contributed by atoms with Crippen molar-refractivity contribution < 1.29 is 4.79 Å². The van der Waals surface area contributed by atoms with Crippen LogP contribution in [0.25, 0.3) is 22.2 Å². The molecule has 0 saturated carbocycles. The lowest BCUT2D eigenvalue weighted by atomic mass is 9.91. The molecule has 0 bridgehead atoms. The third kappa shape index (κ3) is 1.51. The Hall–Kier alpha value is -2.82. The zero-order valence-corrected chi connectivity index (χ0v) is 11.7. The van der Waals surface area contributed by atoms with Crippen LogP contribution in [0, 0.1) is 0 Å². The highest BCUT2D eigenvalue weighted by molar-refractivity contribution is 6.24. The summed E-state index contributed by atoms with van der Waals surface area (Å²) in [6.45, 7) is 0. The fourth-order valence-corrected chi connectivity index (χ4v) is 2.79. The molecule has 0 radical (unpaired) electrons. The minimum Gasteiger partial charge on any atom is -0.376 e.